The molecule has 1 aromatic carbocycles. The lowest BCUT2D eigenvalue weighted by Crippen LogP contribution is -2.74. The van der Waals surface area contributed by atoms with E-state index in [2.05, 4.69) is 11.8 Å². The summed E-state index contributed by atoms with van der Waals surface area (Å²) in [5, 5.41) is 23.1. The Bertz CT molecular complexity index is 880. The van der Waals surface area contributed by atoms with Crippen LogP contribution < -0.4 is 5.73 Å². The molecule has 5 rings (SSSR count). The predicted octanol–water partition coefficient (Wildman–Crippen LogP) is 1.64. The van der Waals surface area contributed by atoms with Gasteiger partial charge in [-0.2, -0.15) is 0 Å². The van der Waals surface area contributed by atoms with Crippen LogP contribution in [0.4, 0.5) is 0 Å². The Morgan fingerprint density at radius 3 is 2.75 bits per heavy atom. The zero-order valence-electron chi connectivity index (χ0n) is 16.3. The quantitative estimate of drug-likeness (QED) is 0.735. The smallest absolute Gasteiger partial charge is 0.252 e. The highest BCUT2D eigenvalue weighted by atomic mass is 16.3. The van der Waals surface area contributed by atoms with Gasteiger partial charge in [0.1, 0.15) is 11.5 Å². The van der Waals surface area contributed by atoms with E-state index < -0.39 is 16.9 Å². The lowest BCUT2D eigenvalue weighted by molar-refractivity contribution is -0.179. The number of nitrogens with two attached hydrogens (primary N) is 1. The zero-order valence-corrected chi connectivity index (χ0v) is 16.3. The van der Waals surface area contributed by atoms with Gasteiger partial charge >= 0.3 is 0 Å². The molecule has 0 unspecified atom stereocenters. The molecule has 150 valence electrons. The number of benzene rings is 1. The average Bonchev–Trinajstić information content (AvgIpc) is 3.46. The van der Waals surface area contributed by atoms with Gasteiger partial charge in [-0.1, -0.05) is 6.07 Å². The van der Waals surface area contributed by atoms with Crippen molar-refractivity contribution in [2.75, 3.05) is 6.54 Å². The monoisotopic (exact) mass is 384 g/mol. The summed E-state index contributed by atoms with van der Waals surface area (Å²) >= 11 is 0. The normalized spacial score (nSPS) is 35.8. The Morgan fingerprint density at radius 2 is 2.07 bits per heavy atom. The Morgan fingerprint density at radius 1 is 1.32 bits per heavy atom. The summed E-state index contributed by atoms with van der Waals surface area (Å²) in [5.74, 6) is -0.0261. The highest BCUT2D eigenvalue weighted by molar-refractivity contribution is 5.96. The number of aromatic hydroxyl groups is 1. The molecule has 2 saturated carbocycles. The molecule has 6 heteroatoms. The number of Topliss-reactive ketones (excluding diaryl/α,β-unsaturated/α-hetero) is 1. The Labute approximate surface area is 164 Å². The van der Waals surface area contributed by atoms with E-state index in [1.54, 1.807) is 6.07 Å². The molecule has 1 aromatic rings. The van der Waals surface area contributed by atoms with Gasteiger partial charge in [0.15, 0.2) is 0 Å². The first kappa shape index (κ1) is 18.1. The fraction of sp³-hybridized carbons (Fsp3) is 0.636. The van der Waals surface area contributed by atoms with Gasteiger partial charge in [0.25, 0.3) is 5.91 Å². The first-order valence-electron chi connectivity index (χ1n) is 10.4. The van der Waals surface area contributed by atoms with Crippen LogP contribution in [0.15, 0.2) is 12.1 Å². The number of nitrogens with zero attached hydrogens (tertiary/aromatic N) is 1. The second kappa shape index (κ2) is 5.80. The molecule has 1 aliphatic heterocycles. The summed E-state index contributed by atoms with van der Waals surface area (Å²) in [4.78, 5) is 26.8. The van der Waals surface area contributed by atoms with Crippen molar-refractivity contribution in [3.63, 3.8) is 0 Å². The van der Waals surface area contributed by atoms with E-state index in [4.69, 9.17) is 5.73 Å². The molecule has 3 aliphatic carbocycles. The number of aliphatic hydroxyl groups is 1. The van der Waals surface area contributed by atoms with Gasteiger partial charge in [-0.05, 0) is 63.1 Å². The molecule has 28 heavy (non-hydrogen) atoms. The van der Waals surface area contributed by atoms with Crippen LogP contribution in [0.3, 0.4) is 0 Å². The van der Waals surface area contributed by atoms with E-state index in [0.717, 1.165) is 12.1 Å². The van der Waals surface area contributed by atoms with Crippen LogP contribution in [-0.2, 0) is 16.6 Å². The molecule has 1 heterocycles. The van der Waals surface area contributed by atoms with Crippen molar-refractivity contribution < 1.29 is 19.8 Å². The van der Waals surface area contributed by atoms with Crippen molar-refractivity contribution in [2.24, 2.45) is 11.7 Å². The van der Waals surface area contributed by atoms with E-state index >= 15 is 0 Å². The highest BCUT2D eigenvalue weighted by Gasteiger charge is 2.66. The maximum Gasteiger partial charge on any atom is 0.252 e. The number of carbonyl (C=O) groups is 2. The molecule has 4 atom stereocenters. The molecule has 3 fully saturated rings. The standard InChI is InChI=1S/C22H28N2O4/c1-12(13-2-3-13)24-9-8-21-11-15(25)6-7-22(21,28)17(24)10-14-4-5-16(20(23)27)19(26)18(14)21/h4-5,12-13,17,26,28H,2-3,6-11H2,1H3,(H2,23,27)/t12-,17+,21-,22+/m0/s1. The van der Waals surface area contributed by atoms with Crippen molar-refractivity contribution in [3.05, 3.63) is 28.8 Å². The molecule has 0 radical (unpaired) electrons. The minimum absolute atomic E-state index is 0.0701. The molecule has 1 amide bonds. The van der Waals surface area contributed by atoms with Gasteiger partial charge in [0.05, 0.1) is 11.2 Å². The molecule has 6 nitrogen and oxygen atoms in total. The third-order valence-electron chi connectivity index (χ3n) is 8.11. The van der Waals surface area contributed by atoms with Crippen LogP contribution in [0.25, 0.3) is 0 Å². The van der Waals surface area contributed by atoms with Crippen LogP contribution in [0.2, 0.25) is 0 Å². The first-order chi connectivity index (χ1) is 13.3. The lowest BCUT2D eigenvalue weighted by atomic mass is 9.49. The van der Waals surface area contributed by atoms with E-state index in [-0.39, 0.29) is 29.6 Å². The van der Waals surface area contributed by atoms with Crippen molar-refractivity contribution in [1.82, 2.24) is 4.90 Å². The number of carbonyl (C=O) groups excluding carboxylic acids is 2. The average molecular weight is 384 g/mol. The van der Waals surface area contributed by atoms with Gasteiger partial charge in [-0.25, -0.2) is 0 Å². The van der Waals surface area contributed by atoms with Crippen molar-refractivity contribution in [1.29, 1.82) is 0 Å². The predicted molar refractivity (Wildman–Crippen MR) is 103 cm³/mol. The summed E-state index contributed by atoms with van der Waals surface area (Å²) < 4.78 is 0. The highest BCUT2D eigenvalue weighted by Crippen LogP contribution is 2.60. The number of hydrogen-bond donors (Lipinski definition) is 3. The van der Waals surface area contributed by atoms with Gasteiger partial charge < -0.3 is 15.9 Å². The Kier molecular flexibility index (Phi) is 3.75. The summed E-state index contributed by atoms with van der Waals surface area (Å²) in [7, 11) is 0. The number of rotatable bonds is 3. The van der Waals surface area contributed by atoms with Crippen LogP contribution in [0.5, 0.6) is 5.75 Å². The van der Waals surface area contributed by atoms with Gasteiger partial charge in [0, 0.05) is 35.9 Å². The number of fused-ring (bicyclic) bond motifs is 1. The number of phenols is 1. The maximum atomic E-state index is 12.5. The molecule has 0 spiro atoms. The van der Waals surface area contributed by atoms with Crippen LogP contribution in [0.1, 0.15) is 66.9 Å². The number of likely N-dealkylation sites (tertiary alicyclic amines) is 1. The molecule has 1 saturated heterocycles. The lowest BCUT2D eigenvalue weighted by Gasteiger charge is -2.64. The summed E-state index contributed by atoms with van der Waals surface area (Å²) in [6, 6.07) is 3.77. The summed E-state index contributed by atoms with van der Waals surface area (Å²) in [6.45, 7) is 3.04. The fourth-order valence-corrected chi connectivity index (χ4v) is 6.48. The zero-order chi connectivity index (χ0) is 19.8. The van der Waals surface area contributed by atoms with E-state index in [1.807, 2.05) is 6.07 Å². The minimum atomic E-state index is -1.08. The van der Waals surface area contributed by atoms with Gasteiger partial charge in [-0.3, -0.25) is 14.5 Å². The number of piperidine rings is 1. The van der Waals surface area contributed by atoms with Crippen molar-refractivity contribution in [3.8, 4) is 5.75 Å². The van der Waals surface area contributed by atoms with Gasteiger partial charge in [-0.15, -0.1) is 0 Å². The molecule has 4 aliphatic rings. The number of ketones is 1. The summed E-state index contributed by atoms with van der Waals surface area (Å²) in [6.07, 6.45) is 4.69. The first-order valence-corrected chi connectivity index (χ1v) is 10.4. The molecular formula is C22H28N2O4. The second-order valence-electron chi connectivity index (χ2n) is 9.37. The van der Waals surface area contributed by atoms with Crippen LogP contribution in [-0.4, -0.2) is 51.0 Å². The molecule has 2 bridgehead atoms. The number of primary amides is 1. The minimum Gasteiger partial charge on any atom is -0.507 e. The van der Waals surface area contributed by atoms with Crippen molar-refractivity contribution >= 4 is 11.7 Å². The van der Waals surface area contributed by atoms with Gasteiger partial charge in [0.2, 0.25) is 0 Å². The Hall–Kier alpha value is -1.92. The van der Waals surface area contributed by atoms with E-state index in [9.17, 15) is 19.8 Å². The van der Waals surface area contributed by atoms with Crippen LogP contribution >= 0.6 is 0 Å². The fourth-order valence-electron chi connectivity index (χ4n) is 6.48. The third kappa shape index (κ3) is 2.22. The number of hydrogen-bond acceptors (Lipinski definition) is 5. The molecule has 0 aromatic heterocycles. The topological polar surface area (TPSA) is 104 Å². The molecule has 4 N–H and O–H groups in total. The van der Waals surface area contributed by atoms with Crippen molar-refractivity contribution in [2.45, 2.75) is 75.0 Å². The SMILES string of the molecule is C[C@@H](C1CC1)N1CC[C@@]23CC(=O)CC[C@@]2(O)[C@H]1Cc1ccc(C(N)=O)c(O)c13. The third-order valence-corrected chi connectivity index (χ3v) is 8.11. The second-order valence-corrected chi connectivity index (χ2v) is 9.37. The maximum absolute atomic E-state index is 12.5. The largest absolute Gasteiger partial charge is 0.507 e. The van der Waals surface area contributed by atoms with E-state index in [0.29, 0.717) is 43.2 Å². The van der Waals surface area contributed by atoms with E-state index in [1.165, 1.54) is 12.8 Å². The van der Waals surface area contributed by atoms with Crippen LogP contribution in [0, 0.1) is 5.92 Å². The number of amides is 1. The summed E-state index contributed by atoms with van der Waals surface area (Å²) in [5.41, 5.74) is 5.14. The Balaban J connectivity index is 1.70. The molecular weight excluding hydrogens is 356 g/mol.